The van der Waals surface area contributed by atoms with Gasteiger partial charge in [0.1, 0.15) is 17.1 Å². The third-order valence-electron chi connectivity index (χ3n) is 3.49. The Kier molecular flexibility index (Phi) is 5.52. The minimum atomic E-state index is -1.00. The molecule has 0 heterocycles. The molecule has 0 fully saturated rings. The highest BCUT2D eigenvalue weighted by Gasteiger charge is 2.16. The van der Waals surface area contributed by atoms with Crippen LogP contribution in [0.3, 0.4) is 0 Å². The van der Waals surface area contributed by atoms with Gasteiger partial charge in [0.2, 0.25) is 0 Å². The Morgan fingerprint density at radius 1 is 1.08 bits per heavy atom. The number of carboxylic acids is 1. The number of aryl methyl sites for hydroxylation is 1. The van der Waals surface area contributed by atoms with E-state index in [1.165, 1.54) is 7.11 Å². The van der Waals surface area contributed by atoms with Crippen LogP contribution in [0.5, 0.6) is 11.5 Å². The normalized spacial score (nSPS) is 12.0. The van der Waals surface area contributed by atoms with E-state index in [2.05, 4.69) is 0 Å². The van der Waals surface area contributed by atoms with Crippen molar-refractivity contribution in [1.29, 1.82) is 0 Å². The van der Waals surface area contributed by atoms with E-state index in [1.54, 1.807) is 12.1 Å². The molecule has 0 saturated carbocycles. The number of aliphatic carboxylic acids is 1. The molecule has 0 aromatic heterocycles. The maximum atomic E-state index is 11.8. The van der Waals surface area contributed by atoms with Gasteiger partial charge in [-0.2, -0.15) is 0 Å². The first-order valence-corrected chi connectivity index (χ1v) is 8.09. The van der Waals surface area contributed by atoms with Crippen molar-refractivity contribution < 1.29 is 19.4 Å². The summed E-state index contributed by atoms with van der Waals surface area (Å²) >= 11 is 0. The minimum Gasteiger partial charge on any atom is -0.496 e. The average Bonchev–Trinajstić information content (AvgIpc) is 2.52. The molecule has 4 heteroatoms. The lowest BCUT2D eigenvalue weighted by Gasteiger charge is -2.21. The number of ether oxygens (including phenoxy) is 2. The van der Waals surface area contributed by atoms with Crippen molar-refractivity contribution in [3.63, 3.8) is 0 Å². The van der Waals surface area contributed by atoms with Gasteiger partial charge in [-0.15, -0.1) is 0 Å². The number of carboxylic acid groups (broad SMARTS) is 1. The lowest BCUT2D eigenvalue weighted by Crippen LogP contribution is -2.22. The van der Waals surface area contributed by atoms with Crippen LogP contribution in [0.1, 0.15) is 37.5 Å². The lowest BCUT2D eigenvalue weighted by atomic mass is 10.00. The minimum absolute atomic E-state index is 0.185. The van der Waals surface area contributed by atoms with Crippen molar-refractivity contribution in [1.82, 2.24) is 0 Å². The van der Waals surface area contributed by atoms with Gasteiger partial charge in [0, 0.05) is 5.56 Å². The summed E-state index contributed by atoms with van der Waals surface area (Å²) in [7, 11) is 1.53. The molecule has 0 aliphatic carbocycles. The van der Waals surface area contributed by atoms with Gasteiger partial charge in [-0.05, 0) is 63.6 Å². The molecule has 0 bridgehead atoms. The van der Waals surface area contributed by atoms with E-state index in [4.69, 9.17) is 9.47 Å². The van der Waals surface area contributed by atoms with Gasteiger partial charge in [0.05, 0.1) is 12.7 Å². The molecule has 0 atom stereocenters. The fraction of sp³-hybridized carbons (Fsp3) is 0.286. The molecule has 0 unspecified atom stereocenters. The Labute approximate surface area is 148 Å². The third kappa shape index (κ3) is 5.11. The predicted octanol–water partition coefficient (Wildman–Crippen LogP) is 4.81. The van der Waals surface area contributed by atoms with Crippen molar-refractivity contribution in [2.24, 2.45) is 0 Å². The summed E-state index contributed by atoms with van der Waals surface area (Å²) in [6.07, 6.45) is 1.64. The Hall–Kier alpha value is -2.75. The Bertz CT molecular complexity index is 781. The van der Waals surface area contributed by atoms with E-state index in [1.807, 2.05) is 64.1 Å². The Balaban J connectivity index is 2.41. The summed E-state index contributed by atoms with van der Waals surface area (Å²) < 4.78 is 11.1. The Morgan fingerprint density at radius 3 is 2.24 bits per heavy atom. The largest absolute Gasteiger partial charge is 0.496 e. The maximum absolute atomic E-state index is 11.8. The summed E-state index contributed by atoms with van der Waals surface area (Å²) in [4.78, 5) is 11.8. The van der Waals surface area contributed by atoms with E-state index in [-0.39, 0.29) is 11.2 Å². The average molecular weight is 340 g/mol. The van der Waals surface area contributed by atoms with Crippen molar-refractivity contribution >= 4 is 17.6 Å². The summed E-state index contributed by atoms with van der Waals surface area (Å²) in [5.41, 5.74) is 2.22. The number of hydrogen-bond acceptors (Lipinski definition) is 3. The molecule has 0 spiro atoms. The molecule has 2 aromatic rings. The molecule has 2 aromatic carbocycles. The topological polar surface area (TPSA) is 55.8 Å². The lowest BCUT2D eigenvalue weighted by molar-refractivity contribution is -0.130. The zero-order valence-corrected chi connectivity index (χ0v) is 15.3. The first-order valence-electron chi connectivity index (χ1n) is 8.09. The Morgan fingerprint density at radius 2 is 1.72 bits per heavy atom. The number of hydrogen-bond donors (Lipinski definition) is 1. The van der Waals surface area contributed by atoms with Crippen LogP contribution in [0, 0.1) is 6.92 Å². The zero-order chi connectivity index (χ0) is 18.6. The van der Waals surface area contributed by atoms with Gasteiger partial charge in [-0.25, -0.2) is 4.79 Å². The summed E-state index contributed by atoms with van der Waals surface area (Å²) in [6, 6.07) is 12.8. The van der Waals surface area contributed by atoms with Crippen molar-refractivity contribution in [2.75, 3.05) is 7.11 Å². The summed E-state index contributed by atoms with van der Waals surface area (Å²) in [5, 5.41) is 9.66. The van der Waals surface area contributed by atoms with Crippen LogP contribution in [0.15, 0.2) is 42.5 Å². The van der Waals surface area contributed by atoms with Gasteiger partial charge in [0.25, 0.3) is 0 Å². The fourth-order valence-corrected chi connectivity index (χ4v) is 2.44. The summed E-state index contributed by atoms with van der Waals surface area (Å²) in [5.74, 6) is 0.278. The number of carbonyl (C=O) groups is 1. The van der Waals surface area contributed by atoms with Gasteiger partial charge < -0.3 is 14.6 Å². The molecule has 0 aliphatic rings. The van der Waals surface area contributed by atoms with Crippen molar-refractivity contribution in [2.45, 2.75) is 33.3 Å². The highest BCUT2D eigenvalue weighted by molar-refractivity contribution is 6.21. The second kappa shape index (κ2) is 7.43. The molecule has 0 radical (unpaired) electrons. The predicted molar refractivity (Wildman–Crippen MR) is 100 cm³/mol. The molecule has 4 nitrogen and oxygen atoms in total. The first kappa shape index (κ1) is 18.6. The third-order valence-corrected chi connectivity index (χ3v) is 3.49. The molecular formula is C21H24O4. The molecule has 132 valence electrons. The van der Waals surface area contributed by atoms with E-state index >= 15 is 0 Å². The highest BCUT2D eigenvalue weighted by atomic mass is 16.5. The van der Waals surface area contributed by atoms with Crippen LogP contribution in [-0.4, -0.2) is 23.8 Å². The van der Waals surface area contributed by atoms with Crippen LogP contribution in [0.25, 0.3) is 11.6 Å². The van der Waals surface area contributed by atoms with Gasteiger partial charge in [-0.1, -0.05) is 23.8 Å². The molecule has 0 aliphatic heterocycles. The maximum Gasteiger partial charge on any atom is 0.336 e. The molecule has 1 N–H and O–H groups in total. The highest BCUT2D eigenvalue weighted by Crippen LogP contribution is 2.29. The van der Waals surface area contributed by atoms with Crippen LogP contribution in [0.2, 0.25) is 0 Å². The van der Waals surface area contributed by atoms with Gasteiger partial charge in [-0.3, -0.25) is 0 Å². The second-order valence-electron chi connectivity index (χ2n) is 6.85. The van der Waals surface area contributed by atoms with Gasteiger partial charge in [0.15, 0.2) is 0 Å². The molecule has 0 saturated heterocycles. The van der Waals surface area contributed by atoms with E-state index in [0.717, 1.165) is 16.9 Å². The van der Waals surface area contributed by atoms with Crippen LogP contribution < -0.4 is 9.47 Å². The van der Waals surface area contributed by atoms with E-state index in [9.17, 15) is 9.90 Å². The molecule has 0 amide bonds. The first-order chi connectivity index (χ1) is 11.7. The van der Waals surface area contributed by atoms with E-state index < -0.39 is 5.97 Å². The summed E-state index contributed by atoms with van der Waals surface area (Å²) in [6.45, 7) is 7.86. The van der Waals surface area contributed by atoms with Crippen molar-refractivity contribution in [3.8, 4) is 11.5 Å². The van der Waals surface area contributed by atoms with Crippen LogP contribution in [-0.2, 0) is 4.79 Å². The quantitative estimate of drug-likeness (QED) is 0.627. The molecular weight excluding hydrogens is 316 g/mol. The smallest absolute Gasteiger partial charge is 0.336 e. The second-order valence-corrected chi connectivity index (χ2v) is 6.85. The SMILES string of the molecule is COc1ccc(C)cc1/C(=C/c1ccc(OC(C)(C)C)cc1)C(=O)O. The van der Waals surface area contributed by atoms with Crippen LogP contribution in [0.4, 0.5) is 0 Å². The number of rotatable bonds is 5. The number of methoxy groups -OCH3 is 1. The zero-order valence-electron chi connectivity index (χ0n) is 15.3. The molecule has 2 rings (SSSR count). The van der Waals surface area contributed by atoms with Gasteiger partial charge >= 0.3 is 5.97 Å². The monoisotopic (exact) mass is 340 g/mol. The van der Waals surface area contributed by atoms with Crippen LogP contribution >= 0.6 is 0 Å². The fourth-order valence-electron chi connectivity index (χ4n) is 2.44. The standard InChI is InChI=1S/C21H24O4/c1-14-6-11-19(24-5)17(12-14)18(20(22)23)13-15-7-9-16(10-8-15)25-21(2,3)4/h6-13H,1-5H3,(H,22,23)/b18-13-. The molecule has 25 heavy (non-hydrogen) atoms. The van der Waals surface area contributed by atoms with E-state index in [0.29, 0.717) is 11.3 Å². The van der Waals surface area contributed by atoms with Crippen molar-refractivity contribution in [3.05, 3.63) is 59.2 Å². The number of benzene rings is 2.